The van der Waals surface area contributed by atoms with Gasteiger partial charge < -0.3 is 8.68 Å². The van der Waals surface area contributed by atoms with Crippen molar-refractivity contribution in [1.29, 1.82) is 0 Å². The molecule has 0 saturated heterocycles. The van der Waals surface area contributed by atoms with E-state index in [2.05, 4.69) is 44.8 Å². The molecule has 0 bridgehead atoms. The second kappa shape index (κ2) is 3.66. The molecule has 0 heterocycles. The first-order chi connectivity index (χ1) is 4.33. The minimum Gasteiger partial charge on any atom is -0.447 e. The molecule has 0 aliphatic rings. The van der Waals surface area contributed by atoms with Gasteiger partial charge in [-0.25, -0.2) is 0 Å². The molecular weight excluding hydrogens is 158 g/mol. The van der Waals surface area contributed by atoms with Crippen molar-refractivity contribution >= 4 is 17.5 Å². The lowest BCUT2D eigenvalue weighted by molar-refractivity contribution is 0.473. The van der Waals surface area contributed by atoms with Crippen LogP contribution in [-0.2, 0) is 4.12 Å². The van der Waals surface area contributed by atoms with Gasteiger partial charge in [0.1, 0.15) is 0 Å². The van der Waals surface area contributed by atoms with Gasteiger partial charge in [-0.15, -0.1) is 0 Å². The van der Waals surface area contributed by atoms with Crippen LogP contribution in [0.25, 0.3) is 0 Å². The minimum absolute atomic E-state index is 1.01. The Bertz CT molecular complexity index is 100. The van der Waals surface area contributed by atoms with Crippen LogP contribution in [0.5, 0.6) is 0 Å². The fourth-order valence-electron chi connectivity index (χ4n) is 0.617. The molecule has 1 atom stereocenters. The Balaban J connectivity index is 3.68. The molecule has 62 valence electrons. The average molecular weight is 177 g/mol. The molecule has 0 N–H and O–H groups in total. The van der Waals surface area contributed by atoms with Crippen molar-refractivity contribution < 1.29 is 4.12 Å². The molecule has 0 aromatic carbocycles. The molecule has 0 saturated carbocycles. The third kappa shape index (κ3) is 5.16. The largest absolute Gasteiger partial charge is 0.447 e. The van der Waals surface area contributed by atoms with Crippen LogP contribution >= 0.6 is 0 Å². The molecule has 10 heavy (non-hydrogen) atoms. The summed E-state index contributed by atoms with van der Waals surface area (Å²) in [5.41, 5.74) is 0. The lowest BCUT2D eigenvalue weighted by Crippen LogP contribution is -2.41. The van der Waals surface area contributed by atoms with Crippen LogP contribution in [0.2, 0.25) is 26.2 Å². The van der Waals surface area contributed by atoms with Crippen LogP contribution in [0.4, 0.5) is 0 Å². The molecule has 0 spiro atoms. The first-order valence-electron chi connectivity index (χ1n) is 3.67. The second-order valence-electron chi connectivity index (χ2n) is 3.79. The maximum atomic E-state index is 5.90. The number of hydrogen-bond acceptors (Lipinski definition) is 2. The van der Waals surface area contributed by atoms with E-state index in [0.29, 0.717) is 0 Å². The molecule has 0 aromatic heterocycles. The van der Waals surface area contributed by atoms with Gasteiger partial charge in [0.15, 0.2) is 8.32 Å². The predicted molar refractivity (Wildman–Crippen MR) is 51.1 cm³/mol. The SMILES string of the molecule is CN(C)[SiH](C)O[Si](C)(C)C. The van der Waals surface area contributed by atoms with Crippen LogP contribution < -0.4 is 0 Å². The van der Waals surface area contributed by atoms with Gasteiger partial charge in [-0.05, 0) is 40.3 Å². The lowest BCUT2D eigenvalue weighted by atomic mass is 11.3. The van der Waals surface area contributed by atoms with Crippen LogP contribution in [0.1, 0.15) is 0 Å². The summed E-state index contributed by atoms with van der Waals surface area (Å²) >= 11 is 0. The van der Waals surface area contributed by atoms with E-state index in [-0.39, 0.29) is 0 Å². The summed E-state index contributed by atoms with van der Waals surface area (Å²) in [6.45, 7) is 8.93. The quantitative estimate of drug-likeness (QED) is 0.602. The molecular formula is C6H19NOSi2. The molecule has 0 radical (unpaired) electrons. The Morgan fingerprint density at radius 3 is 1.70 bits per heavy atom. The number of nitrogens with zero attached hydrogens (tertiary/aromatic N) is 1. The van der Waals surface area contributed by atoms with E-state index in [0.717, 1.165) is 0 Å². The Morgan fingerprint density at radius 2 is 1.60 bits per heavy atom. The normalized spacial score (nSPS) is 15.9. The van der Waals surface area contributed by atoms with Crippen molar-refractivity contribution in [2.45, 2.75) is 26.2 Å². The summed E-state index contributed by atoms with van der Waals surface area (Å²) in [4.78, 5) is 0. The Morgan fingerprint density at radius 1 is 1.20 bits per heavy atom. The van der Waals surface area contributed by atoms with Crippen molar-refractivity contribution in [3.8, 4) is 0 Å². The van der Waals surface area contributed by atoms with Gasteiger partial charge in [0.2, 0.25) is 9.20 Å². The molecule has 2 nitrogen and oxygen atoms in total. The summed E-state index contributed by atoms with van der Waals surface area (Å²) in [6.07, 6.45) is 0. The van der Waals surface area contributed by atoms with E-state index in [1.807, 2.05) is 0 Å². The zero-order valence-corrected chi connectivity index (χ0v) is 10.1. The molecule has 0 rings (SSSR count). The molecule has 4 heteroatoms. The standard InChI is InChI=1S/C6H19NOSi2/c1-7(2)9(3)8-10(4,5)6/h9H,1-6H3. The van der Waals surface area contributed by atoms with Crippen molar-refractivity contribution in [2.75, 3.05) is 14.1 Å². The summed E-state index contributed by atoms with van der Waals surface area (Å²) < 4.78 is 8.12. The minimum atomic E-state index is -1.26. The Kier molecular flexibility index (Phi) is 3.79. The maximum Gasteiger partial charge on any atom is 0.240 e. The topological polar surface area (TPSA) is 12.5 Å². The van der Waals surface area contributed by atoms with Crippen LogP contribution in [-0.4, -0.2) is 36.2 Å². The summed E-state index contributed by atoms with van der Waals surface area (Å²) in [7, 11) is 1.92. The van der Waals surface area contributed by atoms with Crippen LogP contribution in [0.15, 0.2) is 0 Å². The Labute approximate surface area is 67.1 Å². The zero-order chi connectivity index (χ0) is 8.36. The van der Waals surface area contributed by atoms with Crippen molar-refractivity contribution in [2.24, 2.45) is 0 Å². The highest BCUT2D eigenvalue weighted by atomic mass is 28.4. The highest BCUT2D eigenvalue weighted by Crippen LogP contribution is 2.05. The van der Waals surface area contributed by atoms with Gasteiger partial charge in [0.05, 0.1) is 0 Å². The summed E-state index contributed by atoms with van der Waals surface area (Å²) in [5.74, 6) is 0. The highest BCUT2D eigenvalue weighted by Gasteiger charge is 2.19. The van der Waals surface area contributed by atoms with Crippen LogP contribution in [0, 0.1) is 0 Å². The predicted octanol–water partition coefficient (Wildman–Crippen LogP) is 1.25. The third-order valence-corrected chi connectivity index (χ3v) is 6.90. The van der Waals surface area contributed by atoms with E-state index in [9.17, 15) is 0 Å². The molecule has 0 aromatic rings. The van der Waals surface area contributed by atoms with Gasteiger partial charge in [0.25, 0.3) is 0 Å². The lowest BCUT2D eigenvalue weighted by Gasteiger charge is -2.26. The van der Waals surface area contributed by atoms with Gasteiger partial charge in [-0.2, -0.15) is 0 Å². The fraction of sp³-hybridized carbons (Fsp3) is 1.00. The molecule has 0 aliphatic heterocycles. The second-order valence-corrected chi connectivity index (χ2v) is 11.2. The zero-order valence-electron chi connectivity index (χ0n) is 7.93. The smallest absolute Gasteiger partial charge is 0.240 e. The number of rotatable bonds is 3. The van der Waals surface area contributed by atoms with E-state index >= 15 is 0 Å². The molecule has 1 unspecified atom stereocenters. The van der Waals surface area contributed by atoms with Gasteiger partial charge in [0, 0.05) is 0 Å². The van der Waals surface area contributed by atoms with Crippen LogP contribution in [0.3, 0.4) is 0 Å². The summed E-state index contributed by atoms with van der Waals surface area (Å²) in [5, 5.41) is 0. The van der Waals surface area contributed by atoms with Gasteiger partial charge >= 0.3 is 0 Å². The average Bonchev–Trinajstić information content (AvgIpc) is 1.60. The molecule has 0 aliphatic carbocycles. The van der Waals surface area contributed by atoms with Gasteiger partial charge in [-0.3, -0.25) is 0 Å². The monoisotopic (exact) mass is 177 g/mol. The first kappa shape index (κ1) is 10.4. The highest BCUT2D eigenvalue weighted by molar-refractivity contribution is 6.76. The summed E-state index contributed by atoms with van der Waals surface area (Å²) in [6, 6.07) is 0. The van der Waals surface area contributed by atoms with E-state index in [1.54, 1.807) is 0 Å². The maximum absolute atomic E-state index is 5.90. The van der Waals surface area contributed by atoms with Crippen molar-refractivity contribution in [3.05, 3.63) is 0 Å². The Hall–Kier alpha value is 0.354. The van der Waals surface area contributed by atoms with Gasteiger partial charge in [-0.1, -0.05) is 0 Å². The van der Waals surface area contributed by atoms with E-state index < -0.39 is 17.5 Å². The van der Waals surface area contributed by atoms with Crippen molar-refractivity contribution in [3.63, 3.8) is 0 Å². The number of hydrogen-bond donors (Lipinski definition) is 0. The third-order valence-electron chi connectivity index (χ3n) is 1.25. The van der Waals surface area contributed by atoms with E-state index in [4.69, 9.17) is 4.12 Å². The first-order valence-corrected chi connectivity index (χ1v) is 9.22. The molecule has 0 fully saturated rings. The molecule has 0 amide bonds. The van der Waals surface area contributed by atoms with E-state index in [1.165, 1.54) is 0 Å². The fourth-order valence-corrected chi connectivity index (χ4v) is 5.55. The van der Waals surface area contributed by atoms with Crippen molar-refractivity contribution in [1.82, 2.24) is 4.57 Å².